The second kappa shape index (κ2) is 10.3. The molecule has 0 saturated carbocycles. The van der Waals surface area contributed by atoms with Gasteiger partial charge >= 0.3 is 14.5 Å². The van der Waals surface area contributed by atoms with Crippen LogP contribution in [0.5, 0.6) is 11.5 Å². The van der Waals surface area contributed by atoms with Crippen molar-refractivity contribution in [1.29, 1.82) is 0 Å². The number of ether oxygens (including phenoxy) is 1. The number of hydrogen-bond acceptors (Lipinski definition) is 1. The fourth-order valence-electron chi connectivity index (χ4n) is 1.50. The van der Waals surface area contributed by atoms with Gasteiger partial charge in [-0.2, -0.15) is 0 Å². The van der Waals surface area contributed by atoms with Gasteiger partial charge in [-0.15, -0.1) is 0 Å². The molecule has 0 bridgehead atoms. The summed E-state index contributed by atoms with van der Waals surface area (Å²) < 4.78 is 87.7. The lowest BCUT2D eigenvalue weighted by Gasteiger charge is -2.06. The molecule has 152 valence electrons. The predicted molar refractivity (Wildman–Crippen MR) is 85.4 cm³/mol. The zero-order valence-electron chi connectivity index (χ0n) is 14.3. The third kappa shape index (κ3) is 14.8. The van der Waals surface area contributed by atoms with E-state index in [0.717, 1.165) is 11.3 Å². The Labute approximate surface area is 155 Å². The third-order valence-electron chi connectivity index (χ3n) is 2.50. The van der Waals surface area contributed by atoms with Crippen LogP contribution in [0.1, 0.15) is 5.56 Å². The molecule has 2 heterocycles. The number of aromatic nitrogens is 2. The summed E-state index contributed by atoms with van der Waals surface area (Å²) in [5.74, 6) is 1.47. The Morgan fingerprint density at radius 1 is 0.778 bits per heavy atom. The quantitative estimate of drug-likeness (QED) is 0.389. The van der Waals surface area contributed by atoms with Crippen LogP contribution < -0.4 is 13.9 Å². The molecule has 0 fully saturated rings. The van der Waals surface area contributed by atoms with Crippen molar-refractivity contribution in [3.05, 3.63) is 47.5 Å². The molecular weight excluding hydrogens is 409 g/mol. The van der Waals surface area contributed by atoms with Crippen LogP contribution in [0.25, 0.3) is 0 Å². The lowest BCUT2D eigenvalue weighted by Crippen LogP contribution is -2.27. The van der Waals surface area contributed by atoms with Crippen LogP contribution in [0.3, 0.4) is 0 Å². The van der Waals surface area contributed by atoms with Gasteiger partial charge in [0.15, 0.2) is 18.1 Å². The minimum atomic E-state index is -6.00. The summed E-state index contributed by atoms with van der Waals surface area (Å²) in [5.41, 5.74) is 1.07. The molecule has 2 aromatic heterocycles. The van der Waals surface area contributed by atoms with Gasteiger partial charge in [0.2, 0.25) is 18.1 Å². The van der Waals surface area contributed by atoms with E-state index in [1.807, 2.05) is 67.1 Å². The Morgan fingerprint density at radius 3 is 1.59 bits per heavy atom. The summed E-state index contributed by atoms with van der Waals surface area (Å²) in [4.78, 5) is 0. The molecule has 0 unspecified atom stereocenters. The van der Waals surface area contributed by atoms with Crippen LogP contribution in [0.15, 0.2) is 36.9 Å². The highest BCUT2D eigenvalue weighted by molar-refractivity contribution is 6.50. The van der Waals surface area contributed by atoms with Crippen molar-refractivity contribution in [3.8, 4) is 11.5 Å². The molecule has 2 aromatic rings. The van der Waals surface area contributed by atoms with Gasteiger partial charge in [0.25, 0.3) is 0 Å². The zero-order chi connectivity index (χ0) is 21.4. The number of hydrogen-bond donors (Lipinski definition) is 0. The first-order chi connectivity index (χ1) is 12.1. The Kier molecular flexibility index (Phi) is 9.55. The highest BCUT2D eigenvalue weighted by atomic mass is 35.5. The Bertz CT molecular complexity index is 670. The molecule has 3 nitrogen and oxygen atoms in total. The van der Waals surface area contributed by atoms with E-state index in [0.29, 0.717) is 10.8 Å². The van der Waals surface area contributed by atoms with Crippen LogP contribution in [-0.4, -0.2) is 14.5 Å². The standard InChI is InChI=1S/C13H15ClN2O.2BF4/c1-10-4-6-15(2)8-12(10)17-13-9-16(3)7-5-11(13)14;2*2-1(3,4)5/h4-9H,1-3H3;;/q+2;2*-1. The molecule has 0 N–H and O–H groups in total. The molecule has 2 rings (SSSR count). The first-order valence-electron chi connectivity index (χ1n) is 7.09. The van der Waals surface area contributed by atoms with E-state index >= 15 is 0 Å². The summed E-state index contributed by atoms with van der Waals surface area (Å²) in [6.07, 6.45) is 7.65. The van der Waals surface area contributed by atoms with Crippen LogP contribution in [0.2, 0.25) is 5.02 Å². The van der Waals surface area contributed by atoms with Crippen molar-refractivity contribution in [2.24, 2.45) is 14.1 Å². The average molecular weight is 424 g/mol. The summed E-state index contributed by atoms with van der Waals surface area (Å²) >= 11 is 6.09. The van der Waals surface area contributed by atoms with E-state index < -0.39 is 14.5 Å². The topological polar surface area (TPSA) is 17.0 Å². The summed E-state index contributed by atoms with van der Waals surface area (Å²) in [6.45, 7) is 2.01. The van der Waals surface area contributed by atoms with Gasteiger partial charge in [-0.3, -0.25) is 0 Å². The van der Waals surface area contributed by atoms with E-state index in [1.54, 1.807) is 0 Å². The normalized spacial score (nSPS) is 11.0. The van der Waals surface area contributed by atoms with Gasteiger partial charge in [-0.05, 0) is 6.92 Å². The van der Waals surface area contributed by atoms with Crippen molar-refractivity contribution in [1.82, 2.24) is 0 Å². The minimum Gasteiger partial charge on any atom is -0.443 e. The minimum absolute atomic E-state index is 0.606. The molecule has 0 spiro atoms. The molecule has 0 aromatic carbocycles. The lowest BCUT2D eigenvalue weighted by atomic mass is 10.3. The fourth-order valence-corrected chi connectivity index (χ4v) is 1.64. The molecule has 0 atom stereocenters. The van der Waals surface area contributed by atoms with E-state index in [-0.39, 0.29) is 0 Å². The van der Waals surface area contributed by atoms with Gasteiger partial charge in [0.1, 0.15) is 14.1 Å². The number of aryl methyl sites for hydroxylation is 3. The van der Waals surface area contributed by atoms with Gasteiger partial charge in [-0.25, -0.2) is 9.13 Å². The summed E-state index contributed by atoms with van der Waals surface area (Å²) in [7, 11) is -8.11. The smallest absolute Gasteiger partial charge is 0.443 e. The van der Waals surface area contributed by atoms with Gasteiger partial charge in [0, 0.05) is 17.7 Å². The monoisotopic (exact) mass is 424 g/mol. The lowest BCUT2D eigenvalue weighted by molar-refractivity contribution is -0.672. The molecule has 0 amide bonds. The molecule has 0 aliphatic rings. The predicted octanol–water partition coefficient (Wildman–Crippen LogP) is 4.69. The Morgan fingerprint density at radius 2 is 1.15 bits per heavy atom. The SMILES string of the molecule is Cc1cc[n+](C)cc1Oc1c[n+](C)ccc1Cl.F[B-](F)(F)F.F[B-](F)(F)F. The molecule has 0 saturated heterocycles. The summed E-state index contributed by atoms with van der Waals surface area (Å²) in [5, 5.41) is 0.606. The average Bonchev–Trinajstić information content (AvgIpc) is 2.43. The number of rotatable bonds is 2. The first-order valence-corrected chi connectivity index (χ1v) is 7.47. The van der Waals surface area contributed by atoms with Crippen LogP contribution in [-0.2, 0) is 14.1 Å². The second-order valence-electron chi connectivity index (χ2n) is 5.07. The van der Waals surface area contributed by atoms with Gasteiger partial charge in [0.05, 0.1) is 5.02 Å². The summed E-state index contributed by atoms with van der Waals surface area (Å²) in [6, 6.07) is 3.82. The molecular formula is C13H15B2ClF8N2O. The van der Waals surface area contributed by atoms with E-state index in [9.17, 15) is 34.5 Å². The largest absolute Gasteiger partial charge is 0.673 e. The molecule has 27 heavy (non-hydrogen) atoms. The van der Waals surface area contributed by atoms with E-state index in [2.05, 4.69) is 0 Å². The third-order valence-corrected chi connectivity index (χ3v) is 2.81. The number of halogens is 9. The van der Waals surface area contributed by atoms with Gasteiger partial charge < -0.3 is 39.3 Å². The van der Waals surface area contributed by atoms with Crippen molar-refractivity contribution in [3.63, 3.8) is 0 Å². The molecule has 0 aliphatic heterocycles. The van der Waals surface area contributed by atoms with Crippen LogP contribution >= 0.6 is 11.6 Å². The zero-order valence-corrected chi connectivity index (χ0v) is 15.1. The second-order valence-corrected chi connectivity index (χ2v) is 5.48. The molecule has 14 heteroatoms. The Hall–Kier alpha value is -2.04. The maximum atomic E-state index is 9.75. The highest BCUT2D eigenvalue weighted by Gasteiger charge is 2.21. The van der Waals surface area contributed by atoms with Crippen molar-refractivity contribution in [2.75, 3.05) is 0 Å². The molecule has 0 radical (unpaired) electrons. The van der Waals surface area contributed by atoms with Gasteiger partial charge in [-0.1, -0.05) is 11.6 Å². The van der Waals surface area contributed by atoms with E-state index in [1.165, 1.54) is 0 Å². The number of nitrogens with zero attached hydrogens (tertiary/aromatic N) is 2. The first kappa shape index (κ1) is 25.0. The number of pyridine rings is 2. The maximum absolute atomic E-state index is 9.75. The van der Waals surface area contributed by atoms with E-state index in [4.69, 9.17) is 16.3 Å². The highest BCUT2D eigenvalue weighted by Crippen LogP contribution is 2.28. The van der Waals surface area contributed by atoms with Crippen molar-refractivity contribution >= 4 is 26.1 Å². The fraction of sp³-hybridized carbons (Fsp3) is 0.231. The van der Waals surface area contributed by atoms with Crippen molar-refractivity contribution in [2.45, 2.75) is 6.92 Å². The Balaban J connectivity index is 0.000000563. The van der Waals surface area contributed by atoms with Crippen molar-refractivity contribution < 1.29 is 48.4 Å². The van der Waals surface area contributed by atoms with Crippen LogP contribution in [0.4, 0.5) is 34.5 Å². The maximum Gasteiger partial charge on any atom is 0.673 e. The van der Waals surface area contributed by atoms with Crippen LogP contribution in [0, 0.1) is 6.92 Å². The molecule has 0 aliphatic carbocycles.